The first-order chi connectivity index (χ1) is 9.60. The summed E-state index contributed by atoms with van der Waals surface area (Å²) in [5.74, 6) is 0.103. The third kappa shape index (κ3) is 3.95. The van der Waals surface area contributed by atoms with Crippen LogP contribution in [0.5, 0.6) is 0 Å². The summed E-state index contributed by atoms with van der Waals surface area (Å²) >= 11 is 5.80. The van der Waals surface area contributed by atoms with Gasteiger partial charge in [0, 0.05) is 24.7 Å². The van der Waals surface area contributed by atoms with E-state index in [-0.39, 0.29) is 24.9 Å². The second-order valence-electron chi connectivity index (χ2n) is 5.30. The number of hydrogen-bond donors (Lipinski definition) is 2. The van der Waals surface area contributed by atoms with E-state index >= 15 is 0 Å². The molecule has 0 aliphatic carbocycles. The van der Waals surface area contributed by atoms with Crippen LogP contribution in [0.1, 0.15) is 30.9 Å². The van der Waals surface area contributed by atoms with Crippen LogP contribution in [0, 0.1) is 5.92 Å². The molecule has 0 saturated carbocycles. The molecule has 1 aliphatic rings. The molecule has 1 aromatic rings. The van der Waals surface area contributed by atoms with Gasteiger partial charge in [0.25, 0.3) is 0 Å². The molecule has 110 valence electrons. The maximum Gasteiger partial charge on any atom is 0.225 e. The Morgan fingerprint density at radius 3 is 2.75 bits per heavy atom. The average Bonchev–Trinajstić information content (AvgIpc) is 2.47. The zero-order valence-corrected chi connectivity index (χ0v) is 12.1. The van der Waals surface area contributed by atoms with Crippen molar-refractivity contribution in [2.75, 3.05) is 19.7 Å². The van der Waals surface area contributed by atoms with Gasteiger partial charge in [-0.1, -0.05) is 23.7 Å². The van der Waals surface area contributed by atoms with Crippen LogP contribution in [0.4, 0.5) is 0 Å². The van der Waals surface area contributed by atoms with E-state index < -0.39 is 6.10 Å². The first-order valence-corrected chi connectivity index (χ1v) is 7.30. The molecule has 4 nitrogen and oxygen atoms in total. The average molecular weight is 298 g/mol. The fourth-order valence-corrected chi connectivity index (χ4v) is 2.66. The van der Waals surface area contributed by atoms with Crippen molar-refractivity contribution < 1.29 is 15.0 Å². The fourth-order valence-electron chi connectivity index (χ4n) is 2.54. The first-order valence-electron chi connectivity index (χ1n) is 6.92. The highest BCUT2D eigenvalue weighted by Gasteiger charge is 2.24. The van der Waals surface area contributed by atoms with Crippen LogP contribution in [-0.2, 0) is 4.79 Å². The summed E-state index contributed by atoms with van der Waals surface area (Å²) in [7, 11) is 0. The predicted octanol–water partition coefficient (Wildman–Crippen LogP) is 1.99. The minimum Gasteiger partial charge on any atom is -0.396 e. The standard InChI is InChI=1S/C15H20ClNO3/c16-13-5-3-12(4-6-13)14(19)8-15(20)17-7-1-2-11(9-17)10-18/h3-6,11,14,18-19H,1-2,7-10H2. The van der Waals surface area contributed by atoms with Gasteiger partial charge in [0.2, 0.25) is 5.91 Å². The quantitative estimate of drug-likeness (QED) is 0.893. The smallest absolute Gasteiger partial charge is 0.225 e. The van der Waals surface area contributed by atoms with E-state index in [0.717, 1.165) is 12.8 Å². The molecule has 2 rings (SSSR count). The van der Waals surface area contributed by atoms with E-state index in [9.17, 15) is 15.0 Å². The van der Waals surface area contributed by atoms with Gasteiger partial charge < -0.3 is 15.1 Å². The summed E-state index contributed by atoms with van der Waals surface area (Å²) in [6, 6.07) is 6.86. The molecule has 20 heavy (non-hydrogen) atoms. The highest BCUT2D eigenvalue weighted by atomic mass is 35.5. The highest BCUT2D eigenvalue weighted by Crippen LogP contribution is 2.22. The molecule has 0 aromatic heterocycles. The molecule has 1 fully saturated rings. The van der Waals surface area contributed by atoms with Crippen molar-refractivity contribution in [3.63, 3.8) is 0 Å². The summed E-state index contributed by atoms with van der Waals surface area (Å²) in [5.41, 5.74) is 0.693. The SMILES string of the molecule is O=C(CC(O)c1ccc(Cl)cc1)N1CCCC(CO)C1. The molecular formula is C15H20ClNO3. The van der Waals surface area contributed by atoms with Crippen molar-refractivity contribution in [1.29, 1.82) is 0 Å². The number of rotatable bonds is 4. The largest absolute Gasteiger partial charge is 0.396 e. The van der Waals surface area contributed by atoms with Crippen molar-refractivity contribution in [3.05, 3.63) is 34.9 Å². The molecule has 2 unspecified atom stereocenters. The number of piperidine rings is 1. The number of carbonyl (C=O) groups excluding carboxylic acids is 1. The third-order valence-electron chi connectivity index (χ3n) is 3.75. The van der Waals surface area contributed by atoms with Crippen LogP contribution in [0.2, 0.25) is 5.02 Å². The van der Waals surface area contributed by atoms with E-state index in [1.54, 1.807) is 29.2 Å². The van der Waals surface area contributed by atoms with Crippen LogP contribution >= 0.6 is 11.6 Å². The molecule has 1 aliphatic heterocycles. The van der Waals surface area contributed by atoms with Gasteiger partial charge in [-0.15, -0.1) is 0 Å². The maximum atomic E-state index is 12.2. The van der Waals surface area contributed by atoms with E-state index in [2.05, 4.69) is 0 Å². The molecule has 1 aromatic carbocycles. The lowest BCUT2D eigenvalue weighted by Crippen LogP contribution is -2.41. The summed E-state index contributed by atoms with van der Waals surface area (Å²) in [4.78, 5) is 13.9. The minimum atomic E-state index is -0.811. The third-order valence-corrected chi connectivity index (χ3v) is 4.00. The number of halogens is 1. The molecular weight excluding hydrogens is 278 g/mol. The molecule has 1 heterocycles. The van der Waals surface area contributed by atoms with Crippen LogP contribution in [-0.4, -0.2) is 40.7 Å². The number of nitrogens with zero attached hydrogens (tertiary/aromatic N) is 1. The van der Waals surface area contributed by atoms with Gasteiger partial charge in [-0.05, 0) is 36.5 Å². The van der Waals surface area contributed by atoms with E-state index in [1.165, 1.54) is 0 Å². The summed E-state index contributed by atoms with van der Waals surface area (Å²) in [5, 5.41) is 19.9. The molecule has 0 spiro atoms. The zero-order chi connectivity index (χ0) is 14.5. The Morgan fingerprint density at radius 2 is 2.10 bits per heavy atom. The van der Waals surface area contributed by atoms with Crippen molar-refractivity contribution >= 4 is 17.5 Å². The van der Waals surface area contributed by atoms with Crippen LogP contribution in [0.25, 0.3) is 0 Å². The van der Waals surface area contributed by atoms with E-state index in [0.29, 0.717) is 23.7 Å². The van der Waals surface area contributed by atoms with Crippen molar-refractivity contribution in [3.8, 4) is 0 Å². The predicted molar refractivity (Wildman–Crippen MR) is 77.4 cm³/mol. The van der Waals surface area contributed by atoms with Crippen LogP contribution in [0.3, 0.4) is 0 Å². The minimum absolute atomic E-state index is 0.0643. The van der Waals surface area contributed by atoms with Crippen LogP contribution in [0.15, 0.2) is 24.3 Å². The number of carbonyl (C=O) groups is 1. The Hall–Kier alpha value is -1.10. The van der Waals surface area contributed by atoms with Gasteiger partial charge in [-0.3, -0.25) is 4.79 Å². The normalized spacial score (nSPS) is 20.8. The second kappa shape index (κ2) is 7.07. The number of amides is 1. The van der Waals surface area contributed by atoms with Crippen LogP contribution < -0.4 is 0 Å². The fraction of sp³-hybridized carbons (Fsp3) is 0.533. The Balaban J connectivity index is 1.91. The van der Waals surface area contributed by atoms with Crippen molar-refractivity contribution in [2.24, 2.45) is 5.92 Å². The Bertz CT molecular complexity index is 449. The van der Waals surface area contributed by atoms with Gasteiger partial charge in [-0.25, -0.2) is 0 Å². The second-order valence-corrected chi connectivity index (χ2v) is 5.74. The lowest BCUT2D eigenvalue weighted by atomic mass is 9.98. The summed E-state index contributed by atoms with van der Waals surface area (Å²) < 4.78 is 0. The lowest BCUT2D eigenvalue weighted by molar-refractivity contribution is -0.135. The van der Waals surface area contributed by atoms with Crippen molar-refractivity contribution in [2.45, 2.75) is 25.4 Å². The number of aliphatic hydroxyl groups is 2. The summed E-state index contributed by atoms with van der Waals surface area (Å²) in [6.45, 7) is 1.41. The number of benzene rings is 1. The lowest BCUT2D eigenvalue weighted by Gasteiger charge is -2.32. The van der Waals surface area contributed by atoms with Gasteiger partial charge in [-0.2, -0.15) is 0 Å². The molecule has 0 bridgehead atoms. The van der Waals surface area contributed by atoms with Crippen molar-refractivity contribution in [1.82, 2.24) is 4.90 Å². The Kier molecular flexibility index (Phi) is 5.40. The highest BCUT2D eigenvalue weighted by molar-refractivity contribution is 6.30. The molecule has 0 radical (unpaired) electrons. The van der Waals surface area contributed by atoms with Gasteiger partial charge in [0.1, 0.15) is 0 Å². The summed E-state index contributed by atoms with van der Waals surface area (Å²) in [6.07, 6.45) is 1.13. The first kappa shape index (κ1) is 15.3. The Labute approximate surface area is 124 Å². The molecule has 2 atom stereocenters. The van der Waals surface area contributed by atoms with E-state index in [4.69, 9.17) is 11.6 Å². The maximum absolute atomic E-state index is 12.2. The van der Waals surface area contributed by atoms with E-state index in [1.807, 2.05) is 0 Å². The monoisotopic (exact) mass is 297 g/mol. The number of likely N-dealkylation sites (tertiary alicyclic amines) is 1. The molecule has 1 amide bonds. The Morgan fingerprint density at radius 1 is 1.40 bits per heavy atom. The topological polar surface area (TPSA) is 60.8 Å². The molecule has 5 heteroatoms. The van der Waals surface area contributed by atoms with Gasteiger partial charge in [0.05, 0.1) is 12.5 Å². The zero-order valence-electron chi connectivity index (χ0n) is 11.3. The molecule has 1 saturated heterocycles. The van der Waals surface area contributed by atoms with Gasteiger partial charge in [0.15, 0.2) is 0 Å². The number of hydrogen-bond acceptors (Lipinski definition) is 3. The number of aliphatic hydroxyl groups excluding tert-OH is 2. The molecule has 2 N–H and O–H groups in total. The van der Waals surface area contributed by atoms with Gasteiger partial charge >= 0.3 is 0 Å².